The molecule has 1 unspecified atom stereocenters. The number of amides is 2. The SMILES string of the molecule is C[n+]1noc([O-])c1CN1C(=S)N(c2ccccc2)C(=O)C1CC(=O)Nc1ccc(Cl)cc1. The van der Waals surface area contributed by atoms with E-state index in [1.54, 1.807) is 60.5 Å². The maximum atomic E-state index is 13.3. The Hall–Kier alpha value is -3.50. The van der Waals surface area contributed by atoms with E-state index in [2.05, 4.69) is 15.1 Å². The lowest BCUT2D eigenvalue weighted by atomic mass is 10.1. The monoisotopic (exact) mass is 471 g/mol. The highest BCUT2D eigenvalue weighted by atomic mass is 35.5. The number of carbonyl (C=O) groups is 2. The summed E-state index contributed by atoms with van der Waals surface area (Å²) in [5.74, 6) is -1.38. The van der Waals surface area contributed by atoms with E-state index in [-0.39, 0.29) is 35.6 Å². The quantitative estimate of drug-likeness (QED) is 0.431. The van der Waals surface area contributed by atoms with E-state index in [4.69, 9.17) is 23.8 Å². The van der Waals surface area contributed by atoms with Crippen LogP contribution in [-0.4, -0.2) is 33.1 Å². The van der Waals surface area contributed by atoms with E-state index in [1.807, 2.05) is 6.07 Å². The number of nitrogens with zero attached hydrogens (tertiary/aromatic N) is 4. The highest BCUT2D eigenvalue weighted by Crippen LogP contribution is 2.29. The summed E-state index contributed by atoms with van der Waals surface area (Å²) in [5.41, 5.74) is 1.33. The van der Waals surface area contributed by atoms with Crippen LogP contribution < -0.4 is 20.0 Å². The van der Waals surface area contributed by atoms with Gasteiger partial charge < -0.3 is 19.8 Å². The lowest BCUT2D eigenvalue weighted by Gasteiger charge is -2.22. The minimum Gasteiger partial charge on any atom is -0.539 e. The molecular weight excluding hydrogens is 454 g/mol. The molecule has 164 valence electrons. The lowest BCUT2D eigenvalue weighted by molar-refractivity contribution is -0.746. The molecule has 11 heteroatoms. The van der Waals surface area contributed by atoms with Crippen LogP contribution in [0.3, 0.4) is 0 Å². The summed E-state index contributed by atoms with van der Waals surface area (Å²) in [6.07, 6.45) is -0.173. The van der Waals surface area contributed by atoms with Gasteiger partial charge in [0.05, 0.1) is 17.4 Å². The molecule has 2 amide bonds. The van der Waals surface area contributed by atoms with Gasteiger partial charge in [-0.1, -0.05) is 34.5 Å². The number of thiocarbonyl (C=S) groups is 1. The fraction of sp³-hybridized carbons (Fsp3) is 0.190. The number of benzene rings is 2. The lowest BCUT2D eigenvalue weighted by Crippen LogP contribution is -2.42. The molecule has 1 saturated heterocycles. The maximum Gasteiger partial charge on any atom is 0.256 e. The average Bonchev–Trinajstić information content (AvgIpc) is 3.21. The summed E-state index contributed by atoms with van der Waals surface area (Å²) in [4.78, 5) is 29.0. The topological polar surface area (TPSA) is 106 Å². The van der Waals surface area contributed by atoms with Crippen molar-refractivity contribution in [2.24, 2.45) is 7.05 Å². The summed E-state index contributed by atoms with van der Waals surface area (Å²) in [6.45, 7) is -0.0361. The van der Waals surface area contributed by atoms with Crippen molar-refractivity contribution in [3.8, 4) is 5.95 Å². The summed E-state index contributed by atoms with van der Waals surface area (Å²) >= 11 is 11.5. The summed E-state index contributed by atoms with van der Waals surface area (Å²) in [7, 11) is 1.55. The molecule has 1 aromatic heterocycles. The van der Waals surface area contributed by atoms with Gasteiger partial charge in [-0.25, -0.2) is 0 Å². The number of hydrogen-bond acceptors (Lipinski definition) is 6. The van der Waals surface area contributed by atoms with Crippen molar-refractivity contribution in [2.75, 3.05) is 10.2 Å². The van der Waals surface area contributed by atoms with Crippen LogP contribution in [0.4, 0.5) is 11.4 Å². The molecule has 0 saturated carbocycles. The van der Waals surface area contributed by atoms with Gasteiger partial charge in [0.1, 0.15) is 12.6 Å². The number of aryl methyl sites for hydroxylation is 1. The molecule has 1 aliphatic rings. The van der Waals surface area contributed by atoms with E-state index in [0.29, 0.717) is 16.4 Å². The van der Waals surface area contributed by atoms with Gasteiger partial charge in [0, 0.05) is 10.7 Å². The van der Waals surface area contributed by atoms with Crippen molar-refractivity contribution < 1.29 is 23.9 Å². The van der Waals surface area contributed by atoms with Gasteiger partial charge in [0.15, 0.2) is 18.1 Å². The second kappa shape index (κ2) is 8.93. The Balaban J connectivity index is 1.61. The highest BCUT2D eigenvalue weighted by molar-refractivity contribution is 7.80. The molecule has 3 aromatic rings. The fourth-order valence-corrected chi connectivity index (χ4v) is 3.92. The number of hydrogen-bond donors (Lipinski definition) is 1. The first-order valence-electron chi connectivity index (χ1n) is 9.62. The fourth-order valence-electron chi connectivity index (χ4n) is 3.41. The number of anilines is 2. The van der Waals surface area contributed by atoms with Crippen molar-refractivity contribution >= 4 is 52.1 Å². The molecule has 2 aromatic carbocycles. The van der Waals surface area contributed by atoms with Gasteiger partial charge >= 0.3 is 0 Å². The third-order valence-corrected chi connectivity index (χ3v) is 5.70. The zero-order valence-electron chi connectivity index (χ0n) is 16.9. The first-order valence-corrected chi connectivity index (χ1v) is 10.4. The number of rotatable bonds is 6. The molecule has 1 N–H and O–H groups in total. The zero-order chi connectivity index (χ0) is 22.8. The van der Waals surface area contributed by atoms with Crippen molar-refractivity contribution in [1.29, 1.82) is 0 Å². The third kappa shape index (κ3) is 4.27. The molecule has 1 aliphatic heterocycles. The Morgan fingerprint density at radius 2 is 1.94 bits per heavy atom. The minimum atomic E-state index is -0.913. The number of carbonyl (C=O) groups excluding carboxylic acids is 2. The van der Waals surface area contributed by atoms with E-state index in [0.717, 1.165) is 0 Å². The molecule has 4 rings (SSSR count). The zero-order valence-corrected chi connectivity index (χ0v) is 18.5. The number of halogens is 1. The van der Waals surface area contributed by atoms with Crippen LogP contribution >= 0.6 is 23.8 Å². The highest BCUT2D eigenvalue weighted by Gasteiger charge is 2.45. The van der Waals surface area contributed by atoms with Crippen LogP contribution in [0.25, 0.3) is 0 Å². The van der Waals surface area contributed by atoms with E-state index in [1.165, 1.54) is 9.58 Å². The number of aromatic nitrogens is 2. The summed E-state index contributed by atoms with van der Waals surface area (Å²) in [5, 5.41) is 19.1. The van der Waals surface area contributed by atoms with E-state index in [9.17, 15) is 14.7 Å². The van der Waals surface area contributed by atoms with Gasteiger partial charge in [0.25, 0.3) is 11.6 Å². The van der Waals surface area contributed by atoms with Crippen molar-refractivity contribution in [2.45, 2.75) is 19.0 Å². The largest absolute Gasteiger partial charge is 0.539 e. The molecule has 0 aliphatic carbocycles. The van der Waals surface area contributed by atoms with Crippen LogP contribution in [0.2, 0.25) is 5.02 Å². The molecule has 1 fully saturated rings. The van der Waals surface area contributed by atoms with Crippen molar-refractivity contribution in [3.63, 3.8) is 0 Å². The average molecular weight is 472 g/mol. The number of para-hydroxylation sites is 1. The second-order valence-electron chi connectivity index (χ2n) is 7.13. The van der Waals surface area contributed by atoms with Crippen LogP contribution in [0.15, 0.2) is 59.1 Å². The molecule has 9 nitrogen and oxygen atoms in total. The Bertz CT molecular complexity index is 1150. The van der Waals surface area contributed by atoms with Gasteiger partial charge in [0.2, 0.25) is 5.91 Å². The predicted molar refractivity (Wildman–Crippen MR) is 118 cm³/mol. The van der Waals surface area contributed by atoms with E-state index >= 15 is 0 Å². The van der Waals surface area contributed by atoms with Crippen molar-refractivity contribution in [3.05, 3.63) is 65.3 Å². The molecular formula is C21H18ClN5O4S. The van der Waals surface area contributed by atoms with Gasteiger partial charge in [-0.2, -0.15) is 0 Å². The molecule has 32 heavy (non-hydrogen) atoms. The van der Waals surface area contributed by atoms with Crippen LogP contribution in [-0.2, 0) is 23.2 Å². The Morgan fingerprint density at radius 3 is 2.56 bits per heavy atom. The molecule has 0 radical (unpaired) electrons. The molecule has 1 atom stereocenters. The Labute approximate surface area is 193 Å². The van der Waals surface area contributed by atoms with Crippen LogP contribution in [0.1, 0.15) is 12.1 Å². The Kier molecular flexibility index (Phi) is 6.06. The Morgan fingerprint density at radius 1 is 1.25 bits per heavy atom. The minimum absolute atomic E-state index is 0.0361. The van der Waals surface area contributed by atoms with Crippen LogP contribution in [0, 0.1) is 0 Å². The van der Waals surface area contributed by atoms with Gasteiger partial charge in [-0.05, 0) is 48.6 Å². The maximum absolute atomic E-state index is 13.3. The second-order valence-corrected chi connectivity index (χ2v) is 7.93. The first kappa shape index (κ1) is 21.7. The summed E-state index contributed by atoms with van der Waals surface area (Å²) in [6, 6.07) is 14.6. The standard InChI is InChI=1S/C21H18ClN5O4S/c1-25-17(20(30)31-24-25)12-26-16(11-18(28)23-14-9-7-13(22)8-10-14)19(29)27(21(26)32)15-5-3-2-4-6-15/h2-10,16H,11-12H2,1H3,(H-,23,24,28,30). The smallest absolute Gasteiger partial charge is 0.256 e. The predicted octanol–water partition coefficient (Wildman–Crippen LogP) is 1.76. The van der Waals surface area contributed by atoms with Gasteiger partial charge in [-0.15, -0.1) is 0 Å². The molecule has 0 spiro atoms. The third-order valence-electron chi connectivity index (χ3n) is 5.03. The molecule has 2 heterocycles. The first-order chi connectivity index (χ1) is 15.3. The van der Waals surface area contributed by atoms with Crippen molar-refractivity contribution in [1.82, 2.24) is 10.2 Å². The number of nitrogens with one attached hydrogen (secondary N) is 1. The summed E-state index contributed by atoms with van der Waals surface area (Å²) < 4.78 is 5.97. The normalized spacial score (nSPS) is 16.0. The molecule has 0 bridgehead atoms. The van der Waals surface area contributed by atoms with Gasteiger partial charge in [-0.3, -0.25) is 14.5 Å². The van der Waals surface area contributed by atoms with Crippen LogP contribution in [0.5, 0.6) is 5.95 Å². The van der Waals surface area contributed by atoms with E-state index < -0.39 is 12.0 Å².